The normalized spacial score (nSPS) is 51.5. The molecule has 2 aliphatic heterocycles. The first-order chi connectivity index (χ1) is 12.5. The van der Waals surface area contributed by atoms with Crippen LogP contribution >= 0.6 is 0 Å². The van der Waals surface area contributed by atoms with E-state index in [-0.39, 0.29) is 48.4 Å². The van der Waals surface area contributed by atoms with Gasteiger partial charge in [-0.15, -0.1) is 0 Å². The van der Waals surface area contributed by atoms with E-state index in [0.29, 0.717) is 24.8 Å². The summed E-state index contributed by atoms with van der Waals surface area (Å²) in [6.45, 7) is 8.27. The summed E-state index contributed by atoms with van der Waals surface area (Å²) in [5.74, 6) is -2.24. The van der Waals surface area contributed by atoms with Crippen LogP contribution in [0.25, 0.3) is 0 Å². The molecule has 2 heterocycles. The summed E-state index contributed by atoms with van der Waals surface area (Å²) in [4.78, 5) is 11.8. The largest absolute Gasteiger partial charge is 0.392 e. The van der Waals surface area contributed by atoms with Crippen molar-refractivity contribution in [2.24, 2.45) is 28.6 Å². The van der Waals surface area contributed by atoms with Gasteiger partial charge in [-0.05, 0) is 42.6 Å². The number of rotatable bonds is 3. The highest BCUT2D eigenvalue weighted by Gasteiger charge is 2.71. The fraction of sp³-hybridized carbons (Fsp3) is 0.857. The van der Waals surface area contributed by atoms with E-state index in [2.05, 4.69) is 20.4 Å². The standard InChI is InChI=1S/C21H32O6/c1-11-13(15(23)8-14(11)22)5-4-12-9-21(26)18(25)17-19(2,3)7-6-16(24)20(12,17)10-27-21/h12-13,15-18,23-26H,1,4-10H2,2-3H3. The summed E-state index contributed by atoms with van der Waals surface area (Å²) in [5, 5.41) is 43.1. The van der Waals surface area contributed by atoms with Crippen LogP contribution in [0.2, 0.25) is 0 Å². The second-order valence-corrected chi connectivity index (χ2v) is 10.0. The molecule has 0 aromatic heterocycles. The van der Waals surface area contributed by atoms with Gasteiger partial charge in [0, 0.05) is 30.1 Å². The molecule has 1 spiro atoms. The Hall–Kier alpha value is -0.790. The molecule has 0 aromatic carbocycles. The zero-order chi connectivity index (χ0) is 19.8. The van der Waals surface area contributed by atoms with E-state index in [1.54, 1.807) is 0 Å². The average Bonchev–Trinajstić information content (AvgIpc) is 2.83. The SMILES string of the molecule is C=C1C(=O)CC(O)C1CCC1CC2(O)OCC13C(O)CCC(C)(C)C3C2O. The van der Waals surface area contributed by atoms with Gasteiger partial charge in [0.05, 0.1) is 18.8 Å². The zero-order valence-corrected chi connectivity index (χ0v) is 16.2. The summed E-state index contributed by atoms with van der Waals surface area (Å²) in [6.07, 6.45) is 0.736. The third-order valence-corrected chi connectivity index (χ3v) is 8.24. The predicted octanol–water partition coefficient (Wildman–Crippen LogP) is 1.16. The number of aliphatic hydroxyl groups is 4. The molecule has 0 radical (unpaired) electrons. The predicted molar refractivity (Wildman–Crippen MR) is 97.5 cm³/mol. The van der Waals surface area contributed by atoms with Crippen molar-refractivity contribution in [3.63, 3.8) is 0 Å². The Morgan fingerprint density at radius 1 is 1.22 bits per heavy atom. The number of ether oxygens (including phenoxy) is 1. The van der Waals surface area contributed by atoms with Gasteiger partial charge in [0.25, 0.3) is 0 Å². The minimum atomic E-state index is -1.59. The molecule has 2 bridgehead atoms. The van der Waals surface area contributed by atoms with Gasteiger partial charge < -0.3 is 25.2 Å². The number of hydrogen-bond acceptors (Lipinski definition) is 6. The van der Waals surface area contributed by atoms with Crippen molar-refractivity contribution in [3.05, 3.63) is 12.2 Å². The van der Waals surface area contributed by atoms with Crippen molar-refractivity contribution in [1.82, 2.24) is 0 Å². The van der Waals surface area contributed by atoms with Crippen molar-refractivity contribution in [2.45, 2.75) is 76.5 Å². The van der Waals surface area contributed by atoms with E-state index in [1.807, 2.05) is 0 Å². The Morgan fingerprint density at radius 3 is 2.56 bits per heavy atom. The minimum Gasteiger partial charge on any atom is -0.392 e. The van der Waals surface area contributed by atoms with Crippen LogP contribution in [0.4, 0.5) is 0 Å². The van der Waals surface area contributed by atoms with Gasteiger partial charge in [-0.1, -0.05) is 20.4 Å². The molecule has 5 aliphatic rings. The molecule has 3 aliphatic carbocycles. The fourth-order valence-electron chi connectivity index (χ4n) is 6.76. The highest BCUT2D eigenvalue weighted by Crippen LogP contribution is 2.66. The molecule has 3 saturated carbocycles. The fourth-order valence-corrected chi connectivity index (χ4v) is 6.76. The topological polar surface area (TPSA) is 107 Å². The Kier molecular flexibility index (Phi) is 4.41. The molecule has 6 nitrogen and oxygen atoms in total. The van der Waals surface area contributed by atoms with Crippen LogP contribution < -0.4 is 0 Å². The number of Topliss-reactive ketones (excluding diaryl/α,β-unsaturated/α-hetero) is 1. The molecular weight excluding hydrogens is 348 g/mol. The molecule has 2 saturated heterocycles. The Bertz CT molecular complexity index is 659. The monoisotopic (exact) mass is 380 g/mol. The maximum Gasteiger partial charge on any atom is 0.192 e. The molecule has 5 fully saturated rings. The van der Waals surface area contributed by atoms with Gasteiger partial charge in [-0.2, -0.15) is 0 Å². The summed E-state index contributed by atoms with van der Waals surface area (Å²) in [6, 6.07) is 0. The molecule has 0 amide bonds. The lowest BCUT2D eigenvalue weighted by molar-refractivity contribution is -0.404. The molecule has 8 atom stereocenters. The van der Waals surface area contributed by atoms with E-state index >= 15 is 0 Å². The van der Waals surface area contributed by atoms with Crippen molar-refractivity contribution < 1.29 is 30.0 Å². The van der Waals surface area contributed by atoms with Crippen LogP contribution in [-0.2, 0) is 9.53 Å². The number of ketones is 1. The summed E-state index contributed by atoms with van der Waals surface area (Å²) in [5.41, 5.74) is -0.348. The highest BCUT2D eigenvalue weighted by molar-refractivity contribution is 5.98. The van der Waals surface area contributed by atoms with Crippen LogP contribution in [0.3, 0.4) is 0 Å². The quantitative estimate of drug-likeness (QED) is 0.547. The number of aliphatic hydroxyl groups excluding tert-OH is 3. The Balaban J connectivity index is 1.63. The molecule has 6 heteroatoms. The van der Waals surface area contributed by atoms with Crippen LogP contribution in [0.5, 0.6) is 0 Å². The van der Waals surface area contributed by atoms with Crippen LogP contribution in [0.15, 0.2) is 12.2 Å². The van der Waals surface area contributed by atoms with Gasteiger partial charge in [0.2, 0.25) is 0 Å². The lowest BCUT2D eigenvalue weighted by Gasteiger charge is -2.68. The number of fused-ring (bicyclic) bond motifs is 2. The van der Waals surface area contributed by atoms with Crippen molar-refractivity contribution in [2.75, 3.05) is 6.61 Å². The lowest BCUT2D eigenvalue weighted by Crippen LogP contribution is -2.75. The third kappa shape index (κ3) is 2.60. The molecule has 4 N–H and O–H groups in total. The Morgan fingerprint density at radius 2 is 1.93 bits per heavy atom. The van der Waals surface area contributed by atoms with Gasteiger partial charge in [-0.25, -0.2) is 0 Å². The maximum atomic E-state index is 11.8. The van der Waals surface area contributed by atoms with Crippen molar-refractivity contribution in [1.29, 1.82) is 0 Å². The van der Waals surface area contributed by atoms with E-state index in [1.165, 1.54) is 0 Å². The van der Waals surface area contributed by atoms with E-state index < -0.39 is 29.5 Å². The second kappa shape index (κ2) is 6.10. The first kappa shape index (κ1) is 19.5. The summed E-state index contributed by atoms with van der Waals surface area (Å²) in [7, 11) is 0. The second-order valence-electron chi connectivity index (χ2n) is 10.0. The van der Waals surface area contributed by atoms with Crippen molar-refractivity contribution >= 4 is 5.78 Å². The third-order valence-electron chi connectivity index (χ3n) is 8.24. The molecule has 27 heavy (non-hydrogen) atoms. The van der Waals surface area contributed by atoms with E-state index in [0.717, 1.165) is 6.42 Å². The van der Waals surface area contributed by atoms with E-state index in [4.69, 9.17) is 4.74 Å². The minimum absolute atomic E-state index is 0.0464. The lowest BCUT2D eigenvalue weighted by atomic mass is 9.43. The maximum absolute atomic E-state index is 11.8. The average molecular weight is 380 g/mol. The first-order valence-corrected chi connectivity index (χ1v) is 10.2. The molecule has 152 valence electrons. The van der Waals surface area contributed by atoms with Crippen LogP contribution in [-0.4, -0.2) is 56.9 Å². The molecular formula is C21H32O6. The van der Waals surface area contributed by atoms with Gasteiger partial charge in [0.1, 0.15) is 6.10 Å². The van der Waals surface area contributed by atoms with E-state index in [9.17, 15) is 25.2 Å². The van der Waals surface area contributed by atoms with Gasteiger partial charge in [0.15, 0.2) is 11.6 Å². The molecule has 5 rings (SSSR count). The van der Waals surface area contributed by atoms with Gasteiger partial charge in [-0.3, -0.25) is 4.79 Å². The van der Waals surface area contributed by atoms with Crippen LogP contribution in [0.1, 0.15) is 52.4 Å². The smallest absolute Gasteiger partial charge is 0.192 e. The van der Waals surface area contributed by atoms with Gasteiger partial charge >= 0.3 is 0 Å². The summed E-state index contributed by atoms with van der Waals surface area (Å²) < 4.78 is 5.69. The number of hydrogen-bond donors (Lipinski definition) is 4. The zero-order valence-electron chi connectivity index (χ0n) is 16.2. The first-order valence-electron chi connectivity index (χ1n) is 10.2. The number of carbonyl (C=O) groups excluding carboxylic acids is 1. The summed E-state index contributed by atoms with van der Waals surface area (Å²) >= 11 is 0. The van der Waals surface area contributed by atoms with Crippen LogP contribution in [0, 0.1) is 28.6 Å². The molecule has 0 aromatic rings. The number of carbonyl (C=O) groups is 1. The Labute approximate surface area is 160 Å². The van der Waals surface area contributed by atoms with Crippen molar-refractivity contribution in [3.8, 4) is 0 Å². The highest BCUT2D eigenvalue weighted by atomic mass is 16.6. The molecule has 8 unspecified atom stereocenters.